The number of rotatable bonds is 4. The van der Waals surface area contributed by atoms with E-state index in [0.29, 0.717) is 0 Å². The first kappa shape index (κ1) is 8.75. The fraction of sp³-hybridized carbons (Fsp3) is 0.700. The van der Waals surface area contributed by atoms with Crippen LogP contribution in [0.25, 0.3) is 0 Å². The van der Waals surface area contributed by atoms with Crippen LogP contribution in [-0.2, 0) is 6.54 Å². The highest BCUT2D eigenvalue weighted by Crippen LogP contribution is 2.37. The molecule has 0 aliphatic heterocycles. The summed E-state index contributed by atoms with van der Waals surface area (Å²) in [7, 11) is 0. The van der Waals surface area contributed by atoms with E-state index in [9.17, 15) is 5.11 Å². The molecule has 1 aliphatic rings. The molecule has 1 saturated carbocycles. The number of hydrogen-bond acceptors (Lipinski definition) is 2. The largest absolute Gasteiger partial charge is 0.385 e. The van der Waals surface area contributed by atoms with Gasteiger partial charge < -0.3 is 9.67 Å². The lowest BCUT2D eigenvalue weighted by molar-refractivity contribution is 0.146. The van der Waals surface area contributed by atoms with E-state index in [0.717, 1.165) is 24.7 Å². The smallest absolute Gasteiger partial charge is 0.137 e. The lowest BCUT2D eigenvalue weighted by Gasteiger charge is -2.10. The lowest BCUT2D eigenvalue weighted by Crippen LogP contribution is -2.08. The monoisotopic (exact) mass is 180 g/mol. The molecular weight excluding hydrogens is 164 g/mol. The van der Waals surface area contributed by atoms with E-state index in [1.807, 2.05) is 10.8 Å². The molecule has 13 heavy (non-hydrogen) atoms. The Balaban J connectivity index is 2.04. The highest BCUT2D eigenvalue weighted by molar-refractivity contribution is 4.97. The van der Waals surface area contributed by atoms with Crippen molar-refractivity contribution in [2.45, 2.75) is 38.8 Å². The van der Waals surface area contributed by atoms with Gasteiger partial charge in [0.25, 0.3) is 0 Å². The molecule has 3 heteroatoms. The minimum atomic E-state index is -0.359. The molecule has 1 aliphatic carbocycles. The molecule has 0 radical (unpaired) electrons. The van der Waals surface area contributed by atoms with Crippen LogP contribution in [0.3, 0.4) is 0 Å². The van der Waals surface area contributed by atoms with E-state index in [1.165, 1.54) is 12.8 Å². The van der Waals surface area contributed by atoms with Gasteiger partial charge in [-0.3, -0.25) is 0 Å². The van der Waals surface area contributed by atoms with Crippen molar-refractivity contribution >= 4 is 0 Å². The van der Waals surface area contributed by atoms with Crippen molar-refractivity contribution in [3.05, 3.63) is 18.2 Å². The minimum absolute atomic E-state index is 0.359. The van der Waals surface area contributed by atoms with Crippen molar-refractivity contribution in [3.8, 4) is 0 Å². The fourth-order valence-electron chi connectivity index (χ4n) is 1.66. The maximum absolute atomic E-state index is 9.85. The summed E-state index contributed by atoms with van der Waals surface area (Å²) in [6.45, 7) is 2.95. The summed E-state index contributed by atoms with van der Waals surface area (Å²) in [6.07, 6.45) is 6.77. The molecule has 1 aromatic heterocycles. The first-order valence-electron chi connectivity index (χ1n) is 5.00. The van der Waals surface area contributed by atoms with E-state index in [-0.39, 0.29) is 6.10 Å². The van der Waals surface area contributed by atoms with Crippen molar-refractivity contribution < 1.29 is 5.11 Å². The molecule has 72 valence electrons. The quantitative estimate of drug-likeness (QED) is 0.766. The van der Waals surface area contributed by atoms with Crippen molar-refractivity contribution in [2.24, 2.45) is 5.92 Å². The van der Waals surface area contributed by atoms with Crippen LogP contribution in [0.5, 0.6) is 0 Å². The minimum Gasteiger partial charge on any atom is -0.385 e. The summed E-state index contributed by atoms with van der Waals surface area (Å²) in [5, 5.41) is 9.85. The van der Waals surface area contributed by atoms with Crippen LogP contribution in [0.2, 0.25) is 0 Å². The van der Waals surface area contributed by atoms with Gasteiger partial charge in [-0.05, 0) is 19.3 Å². The molecule has 1 aromatic rings. The second kappa shape index (κ2) is 3.50. The Morgan fingerprint density at radius 1 is 1.69 bits per heavy atom. The summed E-state index contributed by atoms with van der Waals surface area (Å²) < 4.78 is 2.01. The zero-order chi connectivity index (χ0) is 9.26. The molecule has 1 unspecified atom stereocenters. The van der Waals surface area contributed by atoms with Crippen LogP contribution in [-0.4, -0.2) is 14.7 Å². The molecule has 0 bridgehead atoms. The summed E-state index contributed by atoms with van der Waals surface area (Å²) in [6, 6.07) is 0. The zero-order valence-electron chi connectivity index (χ0n) is 7.98. The van der Waals surface area contributed by atoms with E-state index < -0.39 is 0 Å². The molecule has 0 amide bonds. The summed E-state index contributed by atoms with van der Waals surface area (Å²) in [5.74, 6) is 1.58. The predicted molar refractivity (Wildman–Crippen MR) is 50.2 cm³/mol. The van der Waals surface area contributed by atoms with Crippen LogP contribution in [0, 0.1) is 5.92 Å². The van der Waals surface area contributed by atoms with Gasteiger partial charge >= 0.3 is 0 Å². The number of aryl methyl sites for hydroxylation is 1. The number of nitrogens with zero attached hydrogens (tertiary/aromatic N) is 2. The van der Waals surface area contributed by atoms with Gasteiger partial charge in [-0.1, -0.05) is 12.8 Å². The summed E-state index contributed by atoms with van der Waals surface area (Å²) in [4.78, 5) is 4.18. The molecule has 0 aromatic carbocycles. The van der Waals surface area contributed by atoms with E-state index in [2.05, 4.69) is 11.9 Å². The van der Waals surface area contributed by atoms with Gasteiger partial charge in [0, 0.05) is 18.9 Å². The van der Waals surface area contributed by atoms with Crippen LogP contribution >= 0.6 is 0 Å². The average molecular weight is 180 g/mol. The Morgan fingerprint density at radius 2 is 2.46 bits per heavy atom. The number of hydrogen-bond donors (Lipinski definition) is 1. The van der Waals surface area contributed by atoms with Gasteiger partial charge in [0.2, 0.25) is 0 Å². The maximum Gasteiger partial charge on any atom is 0.137 e. The second-order valence-corrected chi connectivity index (χ2v) is 3.77. The Bertz CT molecular complexity index is 278. The van der Waals surface area contributed by atoms with Crippen LogP contribution < -0.4 is 0 Å². The molecule has 3 nitrogen and oxygen atoms in total. The molecule has 0 saturated heterocycles. The molecule has 0 spiro atoms. The van der Waals surface area contributed by atoms with E-state index in [4.69, 9.17) is 0 Å². The third kappa shape index (κ3) is 1.91. The first-order chi connectivity index (χ1) is 6.31. The predicted octanol–water partition coefficient (Wildman–Crippen LogP) is 1.74. The molecular formula is C10H16N2O. The van der Waals surface area contributed by atoms with Gasteiger partial charge in [-0.15, -0.1) is 0 Å². The highest BCUT2D eigenvalue weighted by atomic mass is 16.3. The number of imidazole rings is 1. The number of aromatic nitrogens is 2. The number of aliphatic hydroxyl groups excluding tert-OH is 1. The fourth-order valence-corrected chi connectivity index (χ4v) is 1.66. The first-order valence-corrected chi connectivity index (χ1v) is 5.00. The normalized spacial score (nSPS) is 18.9. The van der Waals surface area contributed by atoms with Gasteiger partial charge in [0.15, 0.2) is 0 Å². The molecule has 1 fully saturated rings. The highest BCUT2D eigenvalue weighted by Gasteiger charge is 2.26. The lowest BCUT2D eigenvalue weighted by atomic mass is 10.2. The molecule has 2 rings (SSSR count). The van der Waals surface area contributed by atoms with Crippen LogP contribution in [0.15, 0.2) is 12.4 Å². The Hall–Kier alpha value is -0.830. The zero-order valence-corrected chi connectivity index (χ0v) is 7.98. The maximum atomic E-state index is 9.85. The van der Waals surface area contributed by atoms with Gasteiger partial charge in [0.05, 0.1) is 0 Å². The number of aliphatic hydroxyl groups is 1. The Kier molecular flexibility index (Phi) is 2.36. The SMILES string of the molecule is CCn1ccnc1C(O)CC1CC1. The third-order valence-corrected chi connectivity index (χ3v) is 2.64. The van der Waals surface area contributed by atoms with Crippen molar-refractivity contribution in [3.63, 3.8) is 0 Å². The third-order valence-electron chi connectivity index (χ3n) is 2.64. The summed E-state index contributed by atoms with van der Waals surface area (Å²) in [5.41, 5.74) is 0. The standard InChI is InChI=1S/C10H16N2O/c1-2-12-6-5-11-10(12)9(13)7-8-3-4-8/h5-6,8-9,13H,2-4,7H2,1H3. The summed E-state index contributed by atoms with van der Waals surface area (Å²) >= 11 is 0. The molecule has 1 N–H and O–H groups in total. The Labute approximate surface area is 78.4 Å². The van der Waals surface area contributed by atoms with Gasteiger partial charge in [0.1, 0.15) is 11.9 Å². The van der Waals surface area contributed by atoms with E-state index in [1.54, 1.807) is 6.20 Å². The average Bonchev–Trinajstić information content (AvgIpc) is 2.82. The van der Waals surface area contributed by atoms with Crippen LogP contribution in [0.4, 0.5) is 0 Å². The van der Waals surface area contributed by atoms with Crippen LogP contribution in [0.1, 0.15) is 38.1 Å². The van der Waals surface area contributed by atoms with Crippen molar-refractivity contribution in [2.75, 3.05) is 0 Å². The van der Waals surface area contributed by atoms with Crippen molar-refractivity contribution in [1.82, 2.24) is 9.55 Å². The van der Waals surface area contributed by atoms with Gasteiger partial charge in [-0.25, -0.2) is 4.98 Å². The molecule has 1 heterocycles. The van der Waals surface area contributed by atoms with E-state index >= 15 is 0 Å². The molecule has 1 atom stereocenters. The topological polar surface area (TPSA) is 38.0 Å². The second-order valence-electron chi connectivity index (χ2n) is 3.77. The van der Waals surface area contributed by atoms with Crippen molar-refractivity contribution in [1.29, 1.82) is 0 Å². The van der Waals surface area contributed by atoms with Gasteiger partial charge in [-0.2, -0.15) is 0 Å². The Morgan fingerprint density at radius 3 is 3.08 bits per heavy atom.